The number of rotatable bonds is 7. The summed E-state index contributed by atoms with van der Waals surface area (Å²) >= 11 is 1.75. The van der Waals surface area contributed by atoms with Crippen LogP contribution in [0, 0.1) is 6.92 Å². The van der Waals surface area contributed by atoms with Gasteiger partial charge in [0.15, 0.2) is 0 Å². The highest BCUT2D eigenvalue weighted by atomic mass is 32.1. The lowest BCUT2D eigenvalue weighted by molar-refractivity contribution is -0.134. The van der Waals surface area contributed by atoms with Crippen LogP contribution in [0.25, 0.3) is 0 Å². The van der Waals surface area contributed by atoms with Gasteiger partial charge in [-0.2, -0.15) is 0 Å². The van der Waals surface area contributed by atoms with E-state index in [2.05, 4.69) is 30.5 Å². The predicted octanol–water partition coefficient (Wildman–Crippen LogP) is 4.32. The summed E-state index contributed by atoms with van der Waals surface area (Å²) in [6.45, 7) is 3.49. The van der Waals surface area contributed by atoms with Gasteiger partial charge in [-0.05, 0) is 53.6 Å². The van der Waals surface area contributed by atoms with Crippen LogP contribution in [0.2, 0.25) is 0 Å². The average Bonchev–Trinajstić information content (AvgIpc) is 3.30. The van der Waals surface area contributed by atoms with E-state index in [0.717, 1.165) is 17.5 Å². The summed E-state index contributed by atoms with van der Waals surface area (Å²) in [4.78, 5) is 31.6. The molecule has 1 atom stereocenters. The maximum atomic E-state index is 13.6. The Morgan fingerprint density at radius 3 is 2.56 bits per heavy atom. The molecule has 0 bridgehead atoms. The lowest BCUT2D eigenvalue weighted by Gasteiger charge is -2.38. The quantitative estimate of drug-likeness (QED) is 0.541. The van der Waals surface area contributed by atoms with Gasteiger partial charge in [-0.15, -0.1) is 11.3 Å². The van der Waals surface area contributed by atoms with E-state index in [1.807, 2.05) is 35.2 Å². The van der Waals surface area contributed by atoms with Crippen LogP contribution in [0.4, 0.5) is 0 Å². The number of aryl methyl sites for hydroxylation is 1. The highest BCUT2D eigenvalue weighted by Gasteiger charge is 2.34. The van der Waals surface area contributed by atoms with Crippen molar-refractivity contribution in [2.75, 3.05) is 33.4 Å². The lowest BCUT2D eigenvalue weighted by atomic mass is 9.90. The maximum absolute atomic E-state index is 13.6. The third-order valence-electron chi connectivity index (χ3n) is 5.97. The van der Waals surface area contributed by atoms with Gasteiger partial charge in [0, 0.05) is 30.6 Å². The molecule has 5 nitrogen and oxygen atoms in total. The van der Waals surface area contributed by atoms with E-state index >= 15 is 0 Å². The van der Waals surface area contributed by atoms with E-state index in [9.17, 15) is 9.59 Å². The summed E-state index contributed by atoms with van der Waals surface area (Å²) in [5.41, 5.74) is 4.07. The summed E-state index contributed by atoms with van der Waals surface area (Å²) in [6.07, 6.45) is 0.839. The zero-order valence-electron chi connectivity index (χ0n) is 18.5. The van der Waals surface area contributed by atoms with Crippen LogP contribution in [0.15, 0.2) is 66.0 Å². The molecule has 3 aromatic rings. The normalized spacial score (nSPS) is 15.3. The third-order valence-corrected chi connectivity index (χ3v) is 6.97. The Bertz CT molecular complexity index is 1080. The molecule has 1 aromatic heterocycles. The Kier molecular flexibility index (Phi) is 7.02. The Labute approximate surface area is 193 Å². The van der Waals surface area contributed by atoms with Gasteiger partial charge in [-0.1, -0.05) is 42.5 Å². The number of hydrogen-bond donors (Lipinski definition) is 0. The molecule has 1 aliphatic heterocycles. The molecule has 0 aliphatic carbocycles. The monoisotopic (exact) mass is 448 g/mol. The van der Waals surface area contributed by atoms with E-state index in [4.69, 9.17) is 4.74 Å². The molecule has 0 fully saturated rings. The molecule has 1 aliphatic rings. The second kappa shape index (κ2) is 10.1. The molecule has 0 saturated carbocycles. The molecule has 0 saturated heterocycles. The molecular weight excluding hydrogens is 420 g/mol. The van der Waals surface area contributed by atoms with Gasteiger partial charge in [0.25, 0.3) is 5.91 Å². The zero-order chi connectivity index (χ0) is 22.5. The SMILES string of the molecule is COCCN(CC(=O)N1CCc2sccc2C1c1ccccc1C)C(=O)c1ccccc1. The summed E-state index contributed by atoms with van der Waals surface area (Å²) < 4.78 is 5.21. The maximum Gasteiger partial charge on any atom is 0.254 e. The van der Waals surface area contributed by atoms with Crippen molar-refractivity contribution in [3.8, 4) is 0 Å². The number of thiophene rings is 1. The van der Waals surface area contributed by atoms with Gasteiger partial charge >= 0.3 is 0 Å². The molecule has 4 rings (SSSR count). The molecule has 1 unspecified atom stereocenters. The summed E-state index contributed by atoms with van der Waals surface area (Å²) in [5.74, 6) is -0.202. The lowest BCUT2D eigenvalue weighted by Crippen LogP contribution is -2.47. The fourth-order valence-corrected chi connectivity index (χ4v) is 5.19. The van der Waals surface area contributed by atoms with Crippen molar-refractivity contribution < 1.29 is 14.3 Å². The van der Waals surface area contributed by atoms with Gasteiger partial charge < -0.3 is 14.5 Å². The minimum atomic E-state index is -0.156. The van der Waals surface area contributed by atoms with Gasteiger partial charge in [0.05, 0.1) is 12.6 Å². The Hall–Kier alpha value is -2.96. The molecule has 0 spiro atoms. The highest BCUT2D eigenvalue weighted by molar-refractivity contribution is 7.10. The fraction of sp³-hybridized carbons (Fsp3) is 0.308. The molecule has 6 heteroatoms. The minimum Gasteiger partial charge on any atom is -0.383 e. The first-order chi connectivity index (χ1) is 15.6. The average molecular weight is 449 g/mol. The fourth-order valence-electron chi connectivity index (χ4n) is 4.29. The smallest absolute Gasteiger partial charge is 0.254 e. The second-order valence-electron chi connectivity index (χ2n) is 7.98. The summed E-state index contributed by atoms with van der Waals surface area (Å²) in [6, 6.07) is 19.3. The van der Waals surface area contributed by atoms with E-state index in [1.165, 1.54) is 10.4 Å². The van der Waals surface area contributed by atoms with Crippen LogP contribution in [0.1, 0.15) is 38.0 Å². The van der Waals surface area contributed by atoms with Gasteiger partial charge in [0.2, 0.25) is 5.91 Å². The van der Waals surface area contributed by atoms with Crippen molar-refractivity contribution in [1.82, 2.24) is 9.80 Å². The molecule has 32 heavy (non-hydrogen) atoms. The van der Waals surface area contributed by atoms with Crippen molar-refractivity contribution in [3.63, 3.8) is 0 Å². The minimum absolute atomic E-state index is 0.0267. The van der Waals surface area contributed by atoms with Crippen LogP contribution >= 0.6 is 11.3 Å². The molecule has 2 amide bonds. The summed E-state index contributed by atoms with van der Waals surface area (Å²) in [7, 11) is 1.60. The largest absolute Gasteiger partial charge is 0.383 e. The van der Waals surface area contributed by atoms with E-state index in [1.54, 1.807) is 35.5 Å². The molecular formula is C26H28N2O3S. The first-order valence-corrected chi connectivity index (χ1v) is 11.7. The van der Waals surface area contributed by atoms with Gasteiger partial charge in [0.1, 0.15) is 6.54 Å². The number of benzene rings is 2. The predicted molar refractivity (Wildman–Crippen MR) is 127 cm³/mol. The number of hydrogen-bond acceptors (Lipinski definition) is 4. The zero-order valence-corrected chi connectivity index (χ0v) is 19.3. The number of ether oxygens (including phenoxy) is 1. The molecule has 0 radical (unpaired) electrons. The van der Waals surface area contributed by atoms with Crippen LogP contribution < -0.4 is 0 Å². The first-order valence-electron chi connectivity index (χ1n) is 10.8. The number of nitrogens with zero attached hydrogens (tertiary/aromatic N) is 2. The molecule has 2 heterocycles. The topological polar surface area (TPSA) is 49.9 Å². The van der Waals surface area contributed by atoms with Crippen molar-refractivity contribution in [2.45, 2.75) is 19.4 Å². The molecule has 0 N–H and O–H groups in total. The van der Waals surface area contributed by atoms with Crippen molar-refractivity contribution in [3.05, 3.63) is 93.2 Å². The van der Waals surface area contributed by atoms with Crippen molar-refractivity contribution in [2.24, 2.45) is 0 Å². The number of amides is 2. The standard InChI is InChI=1S/C26H28N2O3S/c1-19-8-6-7-11-21(19)25-22-13-17-32-23(22)12-14-28(25)24(29)18-27(15-16-31-2)26(30)20-9-4-3-5-10-20/h3-11,13,17,25H,12,14-16,18H2,1-2H3. The van der Waals surface area contributed by atoms with Gasteiger partial charge in [-0.3, -0.25) is 9.59 Å². The van der Waals surface area contributed by atoms with E-state index in [0.29, 0.717) is 25.3 Å². The Morgan fingerprint density at radius 2 is 1.81 bits per heavy atom. The number of carbonyl (C=O) groups excluding carboxylic acids is 2. The van der Waals surface area contributed by atoms with Gasteiger partial charge in [-0.25, -0.2) is 0 Å². The second-order valence-corrected chi connectivity index (χ2v) is 8.98. The molecule has 166 valence electrons. The third kappa shape index (κ3) is 4.61. The van der Waals surface area contributed by atoms with Crippen LogP contribution in [0.5, 0.6) is 0 Å². The van der Waals surface area contributed by atoms with Crippen LogP contribution in [0.3, 0.4) is 0 Å². The molecule has 2 aromatic carbocycles. The van der Waals surface area contributed by atoms with Crippen LogP contribution in [-0.4, -0.2) is 55.0 Å². The van der Waals surface area contributed by atoms with Crippen LogP contribution in [-0.2, 0) is 16.0 Å². The number of fused-ring (bicyclic) bond motifs is 1. The first kappa shape index (κ1) is 22.2. The van der Waals surface area contributed by atoms with Crippen molar-refractivity contribution >= 4 is 23.2 Å². The summed E-state index contributed by atoms with van der Waals surface area (Å²) in [5, 5.41) is 2.10. The Balaban J connectivity index is 1.62. The van der Waals surface area contributed by atoms with E-state index < -0.39 is 0 Å². The van der Waals surface area contributed by atoms with E-state index in [-0.39, 0.29) is 24.4 Å². The van der Waals surface area contributed by atoms with Crippen molar-refractivity contribution in [1.29, 1.82) is 0 Å². The number of methoxy groups -OCH3 is 1. The number of carbonyl (C=O) groups is 2. The Morgan fingerprint density at radius 1 is 1.06 bits per heavy atom. The highest BCUT2D eigenvalue weighted by Crippen LogP contribution is 2.39.